The quantitative estimate of drug-likeness (QED) is 0.657. The molecule has 1 aliphatic rings. The highest BCUT2D eigenvalue weighted by Crippen LogP contribution is 2.30. The first-order valence-corrected chi connectivity index (χ1v) is 4.56. The van der Waals surface area contributed by atoms with Crippen molar-refractivity contribution >= 4 is 16.5 Å². The van der Waals surface area contributed by atoms with E-state index in [4.69, 9.17) is 10.5 Å². The van der Waals surface area contributed by atoms with Crippen LogP contribution >= 0.6 is 11.3 Å². The van der Waals surface area contributed by atoms with Gasteiger partial charge in [0.1, 0.15) is 0 Å². The van der Waals surface area contributed by atoms with Crippen molar-refractivity contribution in [2.45, 2.75) is 12.0 Å². The van der Waals surface area contributed by atoms with Gasteiger partial charge in [0, 0.05) is 17.0 Å². The summed E-state index contributed by atoms with van der Waals surface area (Å²) in [5, 5.41) is 10.0. The first kappa shape index (κ1) is 7.97. The van der Waals surface area contributed by atoms with Crippen molar-refractivity contribution in [3.8, 4) is 0 Å². The van der Waals surface area contributed by atoms with Crippen molar-refractivity contribution in [3.05, 3.63) is 11.1 Å². The molecule has 2 rings (SSSR count). The fourth-order valence-electron chi connectivity index (χ4n) is 1.29. The fraction of sp³-hybridized carbons (Fsp3) is 0.571. The highest BCUT2D eigenvalue weighted by Gasteiger charge is 2.29. The summed E-state index contributed by atoms with van der Waals surface area (Å²) in [7, 11) is 0. The van der Waals surface area contributed by atoms with E-state index in [0.717, 1.165) is 4.88 Å². The van der Waals surface area contributed by atoms with Crippen LogP contribution in [0.15, 0.2) is 6.20 Å². The summed E-state index contributed by atoms with van der Waals surface area (Å²) in [5.41, 5.74) is 5.48. The third-order valence-corrected chi connectivity index (χ3v) is 2.92. The van der Waals surface area contributed by atoms with Crippen molar-refractivity contribution in [2.24, 2.45) is 0 Å². The van der Waals surface area contributed by atoms with Crippen LogP contribution in [-0.4, -0.2) is 29.4 Å². The Kier molecular flexibility index (Phi) is 2.00. The van der Waals surface area contributed by atoms with Gasteiger partial charge in [-0.15, -0.1) is 11.3 Å². The minimum Gasteiger partial charge on any atom is -0.390 e. The van der Waals surface area contributed by atoms with Crippen LogP contribution in [0.25, 0.3) is 0 Å². The predicted molar refractivity (Wildman–Crippen MR) is 46.1 cm³/mol. The van der Waals surface area contributed by atoms with Gasteiger partial charge in [0.25, 0.3) is 0 Å². The van der Waals surface area contributed by atoms with Crippen molar-refractivity contribution in [1.29, 1.82) is 0 Å². The summed E-state index contributed by atoms with van der Waals surface area (Å²) >= 11 is 1.42. The van der Waals surface area contributed by atoms with Crippen LogP contribution in [0, 0.1) is 0 Å². The minimum absolute atomic E-state index is 0.0693. The second kappa shape index (κ2) is 3.01. The summed E-state index contributed by atoms with van der Waals surface area (Å²) in [5.74, 6) is 0.0693. The van der Waals surface area contributed by atoms with E-state index in [1.807, 2.05) is 0 Å². The number of aliphatic hydroxyl groups excluding tert-OH is 1. The number of rotatable bonds is 1. The number of nitrogens with two attached hydrogens (primary N) is 1. The standard InChI is InChI=1S/C7H10N2O2S/c8-7-9-1-6(12-7)4-2-11-3-5(4)10/h1,4-5,10H,2-3H2,(H2,8,9)/t4-,5-/m1/s1. The van der Waals surface area contributed by atoms with Crippen LogP contribution < -0.4 is 5.73 Å². The van der Waals surface area contributed by atoms with Gasteiger partial charge in [0.15, 0.2) is 5.13 Å². The molecule has 1 aliphatic heterocycles. The van der Waals surface area contributed by atoms with Crippen LogP contribution in [0.5, 0.6) is 0 Å². The lowest BCUT2D eigenvalue weighted by atomic mass is 10.1. The molecule has 1 aromatic heterocycles. The Labute approximate surface area is 74.0 Å². The first-order valence-electron chi connectivity index (χ1n) is 3.74. The summed E-state index contributed by atoms with van der Waals surface area (Å²) in [4.78, 5) is 4.94. The largest absolute Gasteiger partial charge is 0.390 e. The highest BCUT2D eigenvalue weighted by atomic mass is 32.1. The first-order chi connectivity index (χ1) is 5.77. The molecule has 0 spiro atoms. The van der Waals surface area contributed by atoms with E-state index in [1.54, 1.807) is 6.20 Å². The van der Waals surface area contributed by atoms with Crippen molar-refractivity contribution in [3.63, 3.8) is 0 Å². The lowest BCUT2D eigenvalue weighted by molar-refractivity contribution is 0.125. The maximum atomic E-state index is 9.46. The average Bonchev–Trinajstić information content (AvgIpc) is 2.58. The summed E-state index contributed by atoms with van der Waals surface area (Å²) in [6, 6.07) is 0. The molecule has 1 saturated heterocycles. The molecule has 0 bridgehead atoms. The van der Waals surface area contributed by atoms with E-state index in [2.05, 4.69) is 4.98 Å². The number of thiazole rings is 1. The Morgan fingerprint density at radius 2 is 2.50 bits per heavy atom. The van der Waals surface area contributed by atoms with Crippen LogP contribution in [0.1, 0.15) is 10.8 Å². The molecule has 0 amide bonds. The Morgan fingerprint density at radius 3 is 3.00 bits per heavy atom. The number of hydrogen-bond donors (Lipinski definition) is 2. The van der Waals surface area contributed by atoms with E-state index in [9.17, 15) is 5.11 Å². The van der Waals surface area contributed by atoms with Gasteiger partial charge in [-0.2, -0.15) is 0 Å². The molecule has 12 heavy (non-hydrogen) atoms. The third-order valence-electron chi connectivity index (χ3n) is 1.96. The van der Waals surface area contributed by atoms with Crippen LogP contribution in [0.3, 0.4) is 0 Å². The normalized spacial score (nSPS) is 29.4. The number of nitrogens with zero attached hydrogens (tertiary/aromatic N) is 1. The molecule has 3 N–H and O–H groups in total. The summed E-state index contributed by atoms with van der Waals surface area (Å²) in [6.07, 6.45) is 1.31. The van der Waals surface area contributed by atoms with Crippen LogP contribution in [-0.2, 0) is 4.74 Å². The second-order valence-electron chi connectivity index (χ2n) is 2.81. The zero-order valence-electron chi connectivity index (χ0n) is 6.43. The Hall–Kier alpha value is -0.650. The zero-order chi connectivity index (χ0) is 8.55. The number of nitrogen functional groups attached to an aromatic ring is 1. The van der Waals surface area contributed by atoms with Crippen LogP contribution in [0.4, 0.5) is 5.13 Å². The lowest BCUT2D eigenvalue weighted by Gasteiger charge is -2.07. The SMILES string of the molecule is Nc1ncc([C@@H]2COC[C@H]2O)s1. The van der Waals surface area contributed by atoms with Gasteiger partial charge in [-0.1, -0.05) is 0 Å². The molecule has 1 fully saturated rings. The Bertz CT molecular complexity index is 276. The number of anilines is 1. The molecule has 66 valence electrons. The molecule has 0 aliphatic carbocycles. The highest BCUT2D eigenvalue weighted by molar-refractivity contribution is 7.15. The molecule has 0 radical (unpaired) electrons. The topological polar surface area (TPSA) is 68.4 Å². The number of aromatic nitrogens is 1. The predicted octanol–water partition coefficient (Wildman–Crippen LogP) is 0.200. The van der Waals surface area contributed by atoms with Crippen LogP contribution in [0.2, 0.25) is 0 Å². The van der Waals surface area contributed by atoms with Gasteiger partial charge >= 0.3 is 0 Å². The number of ether oxygens (including phenoxy) is 1. The minimum atomic E-state index is -0.398. The Balaban J connectivity index is 2.19. The maximum Gasteiger partial charge on any atom is 0.180 e. The molecule has 0 aromatic carbocycles. The molecule has 2 heterocycles. The zero-order valence-corrected chi connectivity index (χ0v) is 7.25. The molecule has 0 unspecified atom stereocenters. The van der Waals surface area contributed by atoms with Gasteiger partial charge in [0.05, 0.1) is 19.3 Å². The van der Waals surface area contributed by atoms with Crippen molar-refractivity contribution in [2.75, 3.05) is 18.9 Å². The molecule has 1 aromatic rings. The van der Waals surface area contributed by atoms with Gasteiger partial charge < -0.3 is 15.6 Å². The molecular formula is C7H10N2O2S. The van der Waals surface area contributed by atoms with E-state index in [-0.39, 0.29) is 5.92 Å². The smallest absolute Gasteiger partial charge is 0.180 e. The Morgan fingerprint density at radius 1 is 1.67 bits per heavy atom. The lowest BCUT2D eigenvalue weighted by Crippen LogP contribution is -2.14. The summed E-state index contributed by atoms with van der Waals surface area (Å²) < 4.78 is 5.12. The maximum absolute atomic E-state index is 9.46. The van der Waals surface area contributed by atoms with Gasteiger partial charge in [0.2, 0.25) is 0 Å². The van der Waals surface area contributed by atoms with Crippen molar-refractivity contribution < 1.29 is 9.84 Å². The summed E-state index contributed by atoms with van der Waals surface area (Å²) in [6.45, 7) is 0.991. The molecule has 5 heteroatoms. The van der Waals surface area contributed by atoms with E-state index >= 15 is 0 Å². The number of aliphatic hydroxyl groups is 1. The molecule has 4 nitrogen and oxygen atoms in total. The molecular weight excluding hydrogens is 176 g/mol. The van der Waals surface area contributed by atoms with Gasteiger partial charge in [-0.25, -0.2) is 4.98 Å². The van der Waals surface area contributed by atoms with E-state index in [1.165, 1.54) is 11.3 Å². The second-order valence-corrected chi connectivity index (χ2v) is 3.91. The van der Waals surface area contributed by atoms with E-state index < -0.39 is 6.10 Å². The van der Waals surface area contributed by atoms with E-state index in [0.29, 0.717) is 18.3 Å². The average molecular weight is 186 g/mol. The molecule has 2 atom stereocenters. The third kappa shape index (κ3) is 1.31. The van der Waals surface area contributed by atoms with Gasteiger partial charge in [-0.05, 0) is 0 Å². The number of hydrogen-bond acceptors (Lipinski definition) is 5. The monoisotopic (exact) mass is 186 g/mol. The molecule has 0 saturated carbocycles. The van der Waals surface area contributed by atoms with Crippen molar-refractivity contribution in [1.82, 2.24) is 4.98 Å². The fourth-order valence-corrected chi connectivity index (χ4v) is 2.12. The van der Waals surface area contributed by atoms with Gasteiger partial charge in [-0.3, -0.25) is 0 Å².